The van der Waals surface area contributed by atoms with Gasteiger partial charge in [-0.25, -0.2) is 0 Å². The minimum Gasteiger partial charge on any atom is -0.388 e. The Kier molecular flexibility index (Phi) is 4.37. The molecule has 0 aliphatic carbocycles. The molecule has 3 aliphatic heterocycles. The van der Waals surface area contributed by atoms with E-state index in [1.54, 1.807) is 16.7 Å². The Morgan fingerprint density at radius 1 is 1.35 bits per heavy atom. The first-order valence-corrected chi connectivity index (χ1v) is 8.41. The number of likely N-dealkylation sites (tertiary alicyclic amines) is 2. The molecule has 0 radical (unpaired) electrons. The molecule has 1 spiro atoms. The van der Waals surface area contributed by atoms with Gasteiger partial charge < -0.3 is 24.7 Å². The van der Waals surface area contributed by atoms with Crippen molar-refractivity contribution in [3.8, 4) is 0 Å². The molecule has 23 heavy (non-hydrogen) atoms. The lowest BCUT2D eigenvalue weighted by molar-refractivity contribution is -0.222. The smallest absolute Gasteiger partial charge is 0.242 e. The first kappa shape index (κ1) is 16.7. The van der Waals surface area contributed by atoms with Crippen molar-refractivity contribution in [3.05, 3.63) is 0 Å². The highest BCUT2D eigenvalue weighted by molar-refractivity contribution is 5.85. The van der Waals surface area contributed by atoms with Gasteiger partial charge in [0.1, 0.15) is 6.10 Å². The second-order valence-corrected chi connectivity index (χ2v) is 7.34. The van der Waals surface area contributed by atoms with Crippen LogP contribution in [-0.4, -0.2) is 81.9 Å². The molecular weight excluding hydrogens is 300 g/mol. The highest BCUT2D eigenvalue weighted by Gasteiger charge is 2.49. The van der Waals surface area contributed by atoms with Crippen LogP contribution in [0.4, 0.5) is 0 Å². The number of carbonyl (C=O) groups excluding carboxylic acids is 2. The van der Waals surface area contributed by atoms with E-state index in [4.69, 9.17) is 4.74 Å². The second kappa shape index (κ2) is 6.03. The van der Waals surface area contributed by atoms with Crippen LogP contribution in [0.15, 0.2) is 0 Å². The molecular formula is C16H26N2O5. The Hall–Kier alpha value is -1.18. The average molecular weight is 326 g/mol. The van der Waals surface area contributed by atoms with Gasteiger partial charge in [0, 0.05) is 32.5 Å². The summed E-state index contributed by atoms with van der Waals surface area (Å²) in [6.45, 7) is 3.73. The molecule has 0 unspecified atom stereocenters. The van der Waals surface area contributed by atoms with E-state index in [9.17, 15) is 19.8 Å². The van der Waals surface area contributed by atoms with Gasteiger partial charge >= 0.3 is 0 Å². The fourth-order valence-corrected chi connectivity index (χ4v) is 3.88. The molecule has 0 aromatic carbocycles. The Labute approximate surface area is 136 Å². The maximum atomic E-state index is 12.4. The van der Waals surface area contributed by atoms with Crippen molar-refractivity contribution in [1.82, 2.24) is 9.80 Å². The topological polar surface area (TPSA) is 90.3 Å². The third kappa shape index (κ3) is 3.36. The van der Waals surface area contributed by atoms with E-state index in [1.807, 2.05) is 0 Å². The first-order valence-electron chi connectivity index (χ1n) is 8.41. The van der Waals surface area contributed by atoms with E-state index in [0.29, 0.717) is 45.3 Å². The van der Waals surface area contributed by atoms with E-state index in [0.717, 1.165) is 6.42 Å². The molecule has 0 bridgehead atoms. The van der Waals surface area contributed by atoms with Crippen LogP contribution in [0, 0.1) is 0 Å². The van der Waals surface area contributed by atoms with Crippen molar-refractivity contribution in [2.75, 3.05) is 32.8 Å². The first-order chi connectivity index (χ1) is 10.8. The number of hydrogen-bond acceptors (Lipinski definition) is 5. The van der Waals surface area contributed by atoms with Gasteiger partial charge in [0.2, 0.25) is 11.8 Å². The molecule has 0 aromatic heterocycles. The molecule has 7 nitrogen and oxygen atoms in total. The van der Waals surface area contributed by atoms with E-state index >= 15 is 0 Å². The number of carbonyl (C=O) groups is 2. The summed E-state index contributed by atoms with van der Waals surface area (Å²) < 4.78 is 5.82. The van der Waals surface area contributed by atoms with Crippen molar-refractivity contribution >= 4 is 11.8 Å². The summed E-state index contributed by atoms with van der Waals surface area (Å²) >= 11 is 0. The van der Waals surface area contributed by atoms with Crippen molar-refractivity contribution < 1.29 is 24.5 Å². The van der Waals surface area contributed by atoms with Crippen molar-refractivity contribution in [2.45, 2.75) is 56.3 Å². The number of hydrogen-bond donors (Lipinski definition) is 2. The summed E-state index contributed by atoms with van der Waals surface area (Å²) in [6, 6.07) is 0. The van der Waals surface area contributed by atoms with E-state index in [2.05, 4.69) is 0 Å². The molecule has 3 heterocycles. The van der Waals surface area contributed by atoms with Gasteiger partial charge in [0.25, 0.3) is 0 Å². The average Bonchev–Trinajstić information content (AvgIpc) is 2.89. The number of piperidine rings is 1. The Morgan fingerprint density at radius 3 is 2.61 bits per heavy atom. The van der Waals surface area contributed by atoms with Gasteiger partial charge in [0.15, 0.2) is 0 Å². The van der Waals surface area contributed by atoms with E-state index < -0.39 is 17.3 Å². The molecule has 3 rings (SSSR count). The second-order valence-electron chi connectivity index (χ2n) is 7.34. The number of rotatable bonds is 2. The Morgan fingerprint density at radius 2 is 2.04 bits per heavy atom. The highest BCUT2D eigenvalue weighted by atomic mass is 16.5. The molecule has 0 aromatic rings. The minimum absolute atomic E-state index is 0.0160. The third-order valence-electron chi connectivity index (χ3n) is 5.47. The van der Waals surface area contributed by atoms with E-state index in [1.165, 1.54) is 0 Å². The van der Waals surface area contributed by atoms with Crippen LogP contribution in [0.3, 0.4) is 0 Å². The van der Waals surface area contributed by atoms with Gasteiger partial charge in [0.05, 0.1) is 24.4 Å². The zero-order valence-electron chi connectivity index (χ0n) is 13.7. The van der Waals surface area contributed by atoms with Gasteiger partial charge in [-0.05, 0) is 26.2 Å². The van der Waals surface area contributed by atoms with Crippen molar-refractivity contribution in [2.24, 2.45) is 0 Å². The molecule has 2 amide bonds. The van der Waals surface area contributed by atoms with Gasteiger partial charge in [-0.3, -0.25) is 9.59 Å². The number of nitrogens with zero attached hydrogens (tertiary/aromatic N) is 2. The minimum atomic E-state index is -1.15. The lowest BCUT2D eigenvalue weighted by atomic mass is 9.76. The van der Waals surface area contributed by atoms with Crippen LogP contribution in [0.2, 0.25) is 0 Å². The normalized spacial score (nSPS) is 34.2. The predicted octanol–water partition coefficient (Wildman–Crippen LogP) is -0.498. The van der Waals surface area contributed by atoms with Crippen LogP contribution in [0.25, 0.3) is 0 Å². The van der Waals surface area contributed by atoms with Crippen LogP contribution in [0.1, 0.15) is 39.0 Å². The zero-order chi connectivity index (χ0) is 16.7. The summed E-state index contributed by atoms with van der Waals surface area (Å²) in [7, 11) is 0. The largest absolute Gasteiger partial charge is 0.388 e. The van der Waals surface area contributed by atoms with Crippen LogP contribution < -0.4 is 0 Å². The fraction of sp³-hybridized carbons (Fsp3) is 0.875. The fourth-order valence-electron chi connectivity index (χ4n) is 3.88. The van der Waals surface area contributed by atoms with Crippen LogP contribution in [0.5, 0.6) is 0 Å². The number of aliphatic hydroxyl groups is 2. The number of amides is 2. The van der Waals surface area contributed by atoms with Gasteiger partial charge in [-0.1, -0.05) is 0 Å². The Bertz CT molecular complexity index is 485. The number of ether oxygens (including phenoxy) is 1. The lowest BCUT2D eigenvalue weighted by Crippen LogP contribution is -2.60. The molecule has 130 valence electrons. The third-order valence-corrected chi connectivity index (χ3v) is 5.47. The van der Waals surface area contributed by atoms with Crippen LogP contribution in [-0.2, 0) is 14.3 Å². The number of aliphatic hydroxyl groups excluding tert-OH is 1. The summed E-state index contributed by atoms with van der Waals surface area (Å²) in [5, 5.41) is 20.1. The Balaban J connectivity index is 1.54. The van der Waals surface area contributed by atoms with Crippen molar-refractivity contribution in [1.29, 1.82) is 0 Å². The quantitative estimate of drug-likeness (QED) is 0.714. The zero-order valence-corrected chi connectivity index (χ0v) is 13.7. The lowest BCUT2D eigenvalue weighted by Gasteiger charge is -2.50. The van der Waals surface area contributed by atoms with Gasteiger partial charge in [-0.2, -0.15) is 0 Å². The van der Waals surface area contributed by atoms with Gasteiger partial charge in [-0.15, -0.1) is 0 Å². The summed E-state index contributed by atoms with van der Waals surface area (Å²) in [5.74, 6) is 0.0465. The molecule has 2 atom stereocenters. The van der Waals surface area contributed by atoms with Crippen molar-refractivity contribution in [3.63, 3.8) is 0 Å². The standard InChI is InChI=1S/C16H26N2O5/c1-15(22)11-16(23-10-12(15)19)4-7-17(8-5-16)14(21)9-18-6-2-3-13(18)20/h12,19,22H,2-11H2,1H3/t12-,15-/m0/s1. The van der Waals surface area contributed by atoms with Crippen LogP contribution >= 0.6 is 0 Å². The molecule has 3 fully saturated rings. The SMILES string of the molecule is C[C@]1(O)CC2(CCN(C(=O)CN3CCCC3=O)CC2)OC[C@@H]1O. The molecule has 2 N–H and O–H groups in total. The summed E-state index contributed by atoms with van der Waals surface area (Å²) in [6.07, 6.45) is 2.19. The predicted molar refractivity (Wildman–Crippen MR) is 81.6 cm³/mol. The molecule has 3 aliphatic rings. The molecule has 3 saturated heterocycles. The van der Waals surface area contributed by atoms with E-state index in [-0.39, 0.29) is 25.0 Å². The molecule has 0 saturated carbocycles. The monoisotopic (exact) mass is 326 g/mol. The maximum absolute atomic E-state index is 12.4. The molecule has 7 heteroatoms. The summed E-state index contributed by atoms with van der Waals surface area (Å²) in [4.78, 5) is 27.4. The summed E-state index contributed by atoms with van der Waals surface area (Å²) in [5.41, 5.74) is -1.60. The highest BCUT2D eigenvalue weighted by Crippen LogP contribution is 2.39. The maximum Gasteiger partial charge on any atom is 0.242 e.